The first-order chi connectivity index (χ1) is 15.9. The lowest BCUT2D eigenvalue weighted by molar-refractivity contribution is 0.142. The molecule has 9 nitrogen and oxygen atoms in total. The Balaban J connectivity index is 1.68. The fourth-order valence-corrected chi connectivity index (χ4v) is 3.42. The molecule has 0 radical (unpaired) electrons. The average molecular weight is 475 g/mol. The number of aromatic nitrogens is 2. The molecule has 3 aromatic rings. The van der Waals surface area contributed by atoms with Gasteiger partial charge >= 0.3 is 6.03 Å². The van der Waals surface area contributed by atoms with Crippen molar-refractivity contribution in [3.8, 4) is 5.75 Å². The van der Waals surface area contributed by atoms with Crippen LogP contribution in [-0.4, -0.2) is 41.4 Å². The van der Waals surface area contributed by atoms with Crippen molar-refractivity contribution in [1.82, 2.24) is 20.8 Å². The predicted molar refractivity (Wildman–Crippen MR) is 125 cm³/mol. The summed E-state index contributed by atoms with van der Waals surface area (Å²) in [4.78, 5) is 21.1. The predicted octanol–water partition coefficient (Wildman–Crippen LogP) is 4.37. The number of hydrazine groups is 1. The minimum Gasteiger partial charge on any atom is -0.486 e. The van der Waals surface area contributed by atoms with Crippen molar-refractivity contribution in [2.45, 2.75) is 32.4 Å². The van der Waals surface area contributed by atoms with Crippen molar-refractivity contribution in [1.29, 1.82) is 0 Å². The van der Waals surface area contributed by atoms with Crippen LogP contribution in [0, 0.1) is 5.82 Å². The number of hydrogen-bond acceptors (Lipinski definition) is 7. The van der Waals surface area contributed by atoms with E-state index >= 15 is 0 Å². The van der Waals surface area contributed by atoms with E-state index < -0.39 is 11.8 Å². The number of halogens is 2. The van der Waals surface area contributed by atoms with Crippen molar-refractivity contribution in [3.63, 3.8) is 0 Å². The molecular weight excluding hydrogens is 451 g/mol. The molecule has 0 spiro atoms. The number of nitrogens with zero attached hydrogens (tertiary/aromatic N) is 2. The Labute approximate surface area is 195 Å². The quantitative estimate of drug-likeness (QED) is 0.376. The molecule has 2 amide bonds. The highest BCUT2D eigenvalue weighted by atomic mass is 35.5. The van der Waals surface area contributed by atoms with E-state index in [2.05, 4.69) is 31.5 Å². The van der Waals surface area contributed by atoms with E-state index in [4.69, 9.17) is 21.1 Å². The van der Waals surface area contributed by atoms with E-state index in [-0.39, 0.29) is 17.2 Å². The van der Waals surface area contributed by atoms with Gasteiger partial charge in [-0.25, -0.2) is 24.6 Å². The van der Waals surface area contributed by atoms with E-state index in [0.29, 0.717) is 47.1 Å². The molecule has 4 rings (SSSR count). The van der Waals surface area contributed by atoms with Crippen molar-refractivity contribution < 1.29 is 18.7 Å². The summed E-state index contributed by atoms with van der Waals surface area (Å²) in [6, 6.07) is 7.36. The summed E-state index contributed by atoms with van der Waals surface area (Å²) in [7, 11) is 0. The molecule has 1 fully saturated rings. The number of ether oxygens (including phenoxy) is 2. The zero-order valence-corrected chi connectivity index (χ0v) is 18.9. The van der Waals surface area contributed by atoms with Crippen molar-refractivity contribution >= 4 is 45.7 Å². The maximum atomic E-state index is 13.5. The van der Waals surface area contributed by atoms with Crippen LogP contribution in [0.5, 0.6) is 5.75 Å². The Morgan fingerprint density at radius 1 is 1.27 bits per heavy atom. The van der Waals surface area contributed by atoms with Crippen molar-refractivity contribution in [2.75, 3.05) is 23.8 Å². The number of urea groups is 1. The number of carbonyl (C=O) groups excluding carboxylic acids is 1. The Morgan fingerprint density at radius 3 is 2.85 bits per heavy atom. The highest BCUT2D eigenvalue weighted by Crippen LogP contribution is 2.35. The SMILES string of the molecule is CC(C)NNC(=O)Nc1cc2c(Nc3ccc(F)c(Cl)c3)ncnc2cc1O[C@H]1CCOC1. The van der Waals surface area contributed by atoms with Crippen LogP contribution >= 0.6 is 11.6 Å². The highest BCUT2D eigenvalue weighted by molar-refractivity contribution is 6.31. The zero-order valence-electron chi connectivity index (χ0n) is 18.1. The molecule has 1 saturated heterocycles. The largest absolute Gasteiger partial charge is 0.486 e. The number of fused-ring (bicyclic) bond motifs is 1. The number of benzene rings is 2. The molecule has 2 heterocycles. The van der Waals surface area contributed by atoms with Gasteiger partial charge in [-0.1, -0.05) is 11.6 Å². The van der Waals surface area contributed by atoms with Crippen LogP contribution < -0.4 is 26.2 Å². The lowest BCUT2D eigenvalue weighted by Crippen LogP contribution is -2.44. The molecule has 1 aliphatic rings. The van der Waals surface area contributed by atoms with E-state index in [1.165, 1.54) is 18.5 Å². The Bertz CT molecular complexity index is 1160. The molecule has 1 aliphatic heterocycles. The molecule has 4 N–H and O–H groups in total. The third-order valence-corrected chi connectivity index (χ3v) is 5.11. The van der Waals surface area contributed by atoms with Crippen LogP contribution in [0.3, 0.4) is 0 Å². The van der Waals surface area contributed by atoms with Crippen LogP contribution in [0.25, 0.3) is 10.9 Å². The average Bonchev–Trinajstić information content (AvgIpc) is 3.29. The maximum absolute atomic E-state index is 13.5. The van der Waals surface area contributed by atoms with Gasteiger partial charge in [0.05, 0.1) is 29.4 Å². The second-order valence-corrected chi connectivity index (χ2v) is 8.23. The molecule has 0 aliphatic carbocycles. The fraction of sp³-hybridized carbons (Fsp3) is 0.318. The molecule has 0 unspecified atom stereocenters. The standard InChI is InChI=1S/C22H24ClFN6O3/c1-12(2)29-30-22(31)28-19-8-15-18(9-20(19)33-14-5-6-32-10-14)25-11-26-21(15)27-13-3-4-17(24)16(23)7-13/h3-4,7-9,11-12,14,29H,5-6,10H2,1-2H3,(H,25,26,27)(H2,28,30,31)/t14-/m0/s1. The van der Waals surface area contributed by atoms with Crippen LogP contribution in [0.2, 0.25) is 5.02 Å². The van der Waals surface area contributed by atoms with Crippen LogP contribution in [0.4, 0.5) is 26.4 Å². The Morgan fingerprint density at radius 2 is 2.12 bits per heavy atom. The summed E-state index contributed by atoms with van der Waals surface area (Å²) in [5, 5.41) is 6.55. The van der Waals surface area contributed by atoms with E-state index in [1.54, 1.807) is 18.2 Å². The smallest absolute Gasteiger partial charge is 0.333 e. The molecular formula is C22H24ClFN6O3. The summed E-state index contributed by atoms with van der Waals surface area (Å²) in [6.07, 6.45) is 2.03. The van der Waals surface area contributed by atoms with Gasteiger partial charge < -0.3 is 20.1 Å². The fourth-order valence-electron chi connectivity index (χ4n) is 3.24. The van der Waals surface area contributed by atoms with Gasteiger partial charge in [-0.05, 0) is 38.1 Å². The molecule has 1 aromatic heterocycles. The molecule has 174 valence electrons. The number of anilines is 3. The summed E-state index contributed by atoms with van der Waals surface area (Å²) in [5.41, 5.74) is 7.02. The first-order valence-electron chi connectivity index (χ1n) is 10.5. The molecule has 1 atom stereocenters. The molecule has 0 bridgehead atoms. The van der Waals surface area contributed by atoms with Gasteiger partial charge in [0.2, 0.25) is 0 Å². The van der Waals surface area contributed by atoms with Gasteiger partial charge in [-0.3, -0.25) is 5.43 Å². The number of carbonyl (C=O) groups is 1. The minimum atomic E-state index is -0.514. The second-order valence-electron chi connectivity index (χ2n) is 7.82. The zero-order chi connectivity index (χ0) is 23.4. The Hall–Kier alpha value is -3.21. The van der Waals surface area contributed by atoms with Crippen LogP contribution in [0.15, 0.2) is 36.7 Å². The molecule has 33 heavy (non-hydrogen) atoms. The van der Waals surface area contributed by atoms with Crippen molar-refractivity contribution in [3.05, 3.63) is 47.5 Å². The van der Waals surface area contributed by atoms with Crippen LogP contribution in [-0.2, 0) is 4.74 Å². The van der Waals surface area contributed by atoms with E-state index in [1.807, 2.05) is 13.8 Å². The van der Waals surface area contributed by atoms with Gasteiger partial charge in [-0.2, -0.15) is 0 Å². The van der Waals surface area contributed by atoms with Gasteiger partial charge in [0.15, 0.2) is 0 Å². The van der Waals surface area contributed by atoms with E-state index in [9.17, 15) is 9.18 Å². The summed E-state index contributed by atoms with van der Waals surface area (Å²) >= 11 is 5.90. The minimum absolute atomic E-state index is 0.00971. The first-order valence-corrected chi connectivity index (χ1v) is 10.8. The topological polar surface area (TPSA) is 109 Å². The summed E-state index contributed by atoms with van der Waals surface area (Å²) in [5.74, 6) is 0.411. The van der Waals surface area contributed by atoms with Gasteiger partial charge in [0, 0.05) is 29.6 Å². The maximum Gasteiger partial charge on any atom is 0.333 e. The van der Waals surface area contributed by atoms with Gasteiger partial charge in [0.1, 0.15) is 29.8 Å². The Kier molecular flexibility index (Phi) is 7.07. The van der Waals surface area contributed by atoms with Crippen LogP contribution in [0.1, 0.15) is 20.3 Å². The second kappa shape index (κ2) is 10.2. The molecule has 2 aromatic carbocycles. The molecule has 11 heteroatoms. The monoisotopic (exact) mass is 474 g/mol. The third-order valence-electron chi connectivity index (χ3n) is 4.82. The lowest BCUT2D eigenvalue weighted by atomic mass is 10.1. The number of rotatable bonds is 7. The van der Waals surface area contributed by atoms with Gasteiger partial charge in [-0.15, -0.1) is 0 Å². The van der Waals surface area contributed by atoms with Crippen molar-refractivity contribution in [2.24, 2.45) is 0 Å². The molecule has 0 saturated carbocycles. The third kappa shape index (κ3) is 5.78. The lowest BCUT2D eigenvalue weighted by Gasteiger charge is -2.18. The normalized spacial score (nSPS) is 15.6. The summed E-state index contributed by atoms with van der Waals surface area (Å²) in [6.45, 7) is 4.90. The number of nitrogens with one attached hydrogen (secondary N) is 4. The van der Waals surface area contributed by atoms with E-state index in [0.717, 1.165) is 6.42 Å². The summed E-state index contributed by atoms with van der Waals surface area (Å²) < 4.78 is 25.0. The highest BCUT2D eigenvalue weighted by Gasteiger charge is 2.21. The first kappa shape index (κ1) is 23.0. The number of hydrogen-bond donors (Lipinski definition) is 4. The van der Waals surface area contributed by atoms with Gasteiger partial charge in [0.25, 0.3) is 0 Å². The number of amides is 2.